The fraction of sp³-hybridized carbons (Fsp3) is 0.273. The van der Waals surface area contributed by atoms with Crippen molar-refractivity contribution in [2.75, 3.05) is 0 Å². The minimum atomic E-state index is -0.350. The van der Waals surface area contributed by atoms with E-state index in [9.17, 15) is 9.18 Å². The molecular weight excluding hydrogens is 343 g/mol. The molecule has 1 aromatic heterocycles. The summed E-state index contributed by atoms with van der Waals surface area (Å²) in [5.74, 6) is -0.648. The Kier molecular flexibility index (Phi) is 6.01. The summed E-state index contributed by atoms with van der Waals surface area (Å²) < 4.78 is 20.6. The van der Waals surface area contributed by atoms with Gasteiger partial charge in [-0.2, -0.15) is 5.10 Å². The first-order valence-corrected chi connectivity index (χ1v) is 9.23. The molecule has 140 valence electrons. The largest absolute Gasteiger partial charge is 0.407 e. The Labute approximate surface area is 158 Å². The van der Waals surface area contributed by atoms with Gasteiger partial charge in [0.05, 0.1) is 17.3 Å². The van der Waals surface area contributed by atoms with Crippen LogP contribution in [-0.4, -0.2) is 15.7 Å². The first-order chi connectivity index (χ1) is 13.1. The van der Waals surface area contributed by atoms with Crippen LogP contribution < -0.4 is 4.74 Å². The van der Waals surface area contributed by atoms with E-state index in [2.05, 4.69) is 12.0 Å². The number of carbonyl (C=O) groups excluding carboxylic acids is 1. The first-order valence-electron chi connectivity index (χ1n) is 9.23. The van der Waals surface area contributed by atoms with E-state index in [4.69, 9.17) is 4.74 Å². The lowest BCUT2D eigenvalue weighted by Gasteiger charge is -2.15. The highest BCUT2D eigenvalue weighted by Crippen LogP contribution is 2.25. The molecule has 0 N–H and O–H groups in total. The van der Waals surface area contributed by atoms with Crippen molar-refractivity contribution < 1.29 is 13.9 Å². The topological polar surface area (TPSA) is 44.1 Å². The standard InChI is InChI=1S/C22H23FN2O2/c1-3-8-18-15-21(25(24-18)19-13-11-17(23)12-14-19)27-22(26)20(4-2)16-9-6-5-7-10-16/h5-7,9-15,20H,3-4,8H2,1-2H3. The quantitative estimate of drug-likeness (QED) is 0.549. The number of aryl methyl sites for hydroxylation is 1. The number of hydrogen-bond acceptors (Lipinski definition) is 3. The lowest BCUT2D eigenvalue weighted by Crippen LogP contribution is -2.19. The van der Waals surface area contributed by atoms with E-state index in [0.717, 1.165) is 24.1 Å². The van der Waals surface area contributed by atoms with Gasteiger partial charge in [0.1, 0.15) is 5.82 Å². The lowest BCUT2D eigenvalue weighted by molar-refractivity contribution is -0.136. The predicted octanol–water partition coefficient (Wildman–Crippen LogP) is 5.06. The molecule has 2 aromatic carbocycles. The van der Waals surface area contributed by atoms with Gasteiger partial charge in [-0.1, -0.05) is 50.6 Å². The normalized spacial score (nSPS) is 12.0. The Bertz CT molecular complexity index is 888. The average molecular weight is 366 g/mol. The maximum absolute atomic E-state index is 13.3. The highest BCUT2D eigenvalue weighted by molar-refractivity contribution is 5.80. The molecule has 0 aliphatic heterocycles. The Morgan fingerprint density at radius 3 is 2.44 bits per heavy atom. The van der Waals surface area contributed by atoms with E-state index < -0.39 is 0 Å². The molecular formula is C22H23FN2O2. The fourth-order valence-corrected chi connectivity index (χ4v) is 3.03. The minimum Gasteiger partial charge on any atom is -0.407 e. The maximum atomic E-state index is 13.3. The number of halogens is 1. The summed E-state index contributed by atoms with van der Waals surface area (Å²) in [6.07, 6.45) is 2.33. The van der Waals surface area contributed by atoms with Gasteiger partial charge in [-0.25, -0.2) is 9.07 Å². The van der Waals surface area contributed by atoms with Crippen LogP contribution in [0.3, 0.4) is 0 Å². The summed E-state index contributed by atoms with van der Waals surface area (Å²) in [5.41, 5.74) is 2.40. The number of benzene rings is 2. The van der Waals surface area contributed by atoms with Gasteiger partial charge in [0.15, 0.2) is 0 Å². The van der Waals surface area contributed by atoms with Gasteiger partial charge in [-0.15, -0.1) is 0 Å². The first kappa shape index (κ1) is 18.8. The zero-order chi connectivity index (χ0) is 19.2. The second-order valence-electron chi connectivity index (χ2n) is 6.40. The van der Waals surface area contributed by atoms with E-state index in [1.54, 1.807) is 22.9 Å². The van der Waals surface area contributed by atoms with Gasteiger partial charge in [-0.05, 0) is 42.7 Å². The van der Waals surface area contributed by atoms with Crippen molar-refractivity contribution in [2.24, 2.45) is 0 Å². The number of nitrogens with zero attached hydrogens (tertiary/aromatic N) is 2. The smallest absolute Gasteiger partial charge is 0.320 e. The Hall–Kier alpha value is -2.95. The minimum absolute atomic E-state index is 0.324. The molecule has 0 spiro atoms. The maximum Gasteiger partial charge on any atom is 0.320 e. The SMILES string of the molecule is CCCc1cc(OC(=O)C(CC)c2ccccc2)n(-c2ccc(F)cc2)n1. The van der Waals surface area contributed by atoms with Crippen LogP contribution in [0, 0.1) is 5.82 Å². The Balaban J connectivity index is 1.90. The summed E-state index contributed by atoms with van der Waals surface area (Å²) in [6, 6.07) is 17.3. The highest BCUT2D eigenvalue weighted by Gasteiger charge is 2.23. The van der Waals surface area contributed by atoms with Crippen LogP contribution in [0.25, 0.3) is 5.69 Å². The van der Waals surface area contributed by atoms with Crippen LogP contribution in [0.1, 0.15) is 43.9 Å². The molecule has 3 rings (SSSR count). The Morgan fingerprint density at radius 2 is 1.81 bits per heavy atom. The van der Waals surface area contributed by atoms with Crippen molar-refractivity contribution in [1.29, 1.82) is 0 Å². The van der Waals surface area contributed by atoms with Gasteiger partial charge in [0.2, 0.25) is 5.88 Å². The van der Waals surface area contributed by atoms with E-state index in [1.807, 2.05) is 37.3 Å². The number of carbonyl (C=O) groups is 1. The van der Waals surface area contributed by atoms with Gasteiger partial charge in [0, 0.05) is 6.07 Å². The molecule has 0 amide bonds. The monoisotopic (exact) mass is 366 g/mol. The van der Waals surface area contributed by atoms with E-state index >= 15 is 0 Å². The third-order valence-corrected chi connectivity index (χ3v) is 4.40. The van der Waals surface area contributed by atoms with Crippen molar-refractivity contribution in [3.63, 3.8) is 0 Å². The number of rotatable bonds is 7. The summed E-state index contributed by atoms with van der Waals surface area (Å²) in [5, 5.41) is 4.53. The van der Waals surface area contributed by atoms with Gasteiger partial charge >= 0.3 is 5.97 Å². The molecule has 4 nitrogen and oxygen atoms in total. The van der Waals surface area contributed by atoms with Crippen molar-refractivity contribution >= 4 is 5.97 Å². The van der Waals surface area contributed by atoms with Crippen LogP contribution >= 0.6 is 0 Å². The van der Waals surface area contributed by atoms with Crippen LogP contribution in [-0.2, 0) is 11.2 Å². The average Bonchev–Trinajstić information content (AvgIpc) is 3.06. The molecule has 0 saturated heterocycles. The second-order valence-corrected chi connectivity index (χ2v) is 6.40. The molecule has 27 heavy (non-hydrogen) atoms. The highest BCUT2D eigenvalue weighted by atomic mass is 19.1. The van der Waals surface area contributed by atoms with Crippen molar-refractivity contribution in [1.82, 2.24) is 9.78 Å². The van der Waals surface area contributed by atoms with E-state index in [1.165, 1.54) is 12.1 Å². The number of esters is 1. The van der Waals surface area contributed by atoms with Gasteiger partial charge < -0.3 is 4.74 Å². The van der Waals surface area contributed by atoms with Gasteiger partial charge in [-0.3, -0.25) is 4.79 Å². The van der Waals surface area contributed by atoms with Crippen LogP contribution in [0.15, 0.2) is 60.7 Å². The number of hydrogen-bond donors (Lipinski definition) is 0. The lowest BCUT2D eigenvalue weighted by atomic mass is 9.97. The second kappa shape index (κ2) is 8.62. The Morgan fingerprint density at radius 1 is 1.11 bits per heavy atom. The number of aromatic nitrogens is 2. The summed E-state index contributed by atoms with van der Waals surface area (Å²) in [4.78, 5) is 12.8. The molecule has 0 aliphatic carbocycles. The zero-order valence-electron chi connectivity index (χ0n) is 15.6. The molecule has 0 fully saturated rings. The van der Waals surface area contributed by atoms with Crippen molar-refractivity contribution in [3.05, 3.63) is 77.7 Å². The van der Waals surface area contributed by atoms with E-state index in [-0.39, 0.29) is 17.7 Å². The molecule has 1 heterocycles. The molecule has 1 unspecified atom stereocenters. The third-order valence-electron chi connectivity index (χ3n) is 4.40. The van der Waals surface area contributed by atoms with Crippen molar-refractivity contribution in [2.45, 2.75) is 39.0 Å². The van der Waals surface area contributed by atoms with Crippen LogP contribution in [0.2, 0.25) is 0 Å². The molecule has 5 heteroatoms. The summed E-state index contributed by atoms with van der Waals surface area (Å²) in [7, 11) is 0. The van der Waals surface area contributed by atoms with Crippen LogP contribution in [0.5, 0.6) is 5.88 Å². The van der Waals surface area contributed by atoms with E-state index in [0.29, 0.717) is 18.0 Å². The fourth-order valence-electron chi connectivity index (χ4n) is 3.03. The molecule has 0 aliphatic rings. The van der Waals surface area contributed by atoms with Crippen LogP contribution in [0.4, 0.5) is 4.39 Å². The number of ether oxygens (including phenoxy) is 1. The third kappa shape index (κ3) is 4.42. The summed E-state index contributed by atoms with van der Waals surface area (Å²) >= 11 is 0. The zero-order valence-corrected chi connectivity index (χ0v) is 15.6. The molecule has 0 radical (unpaired) electrons. The molecule has 3 aromatic rings. The molecule has 1 atom stereocenters. The summed E-state index contributed by atoms with van der Waals surface area (Å²) in [6.45, 7) is 4.02. The predicted molar refractivity (Wildman–Crippen MR) is 103 cm³/mol. The van der Waals surface area contributed by atoms with Crippen molar-refractivity contribution in [3.8, 4) is 11.6 Å². The molecule has 0 bridgehead atoms. The van der Waals surface area contributed by atoms with Gasteiger partial charge in [0.25, 0.3) is 0 Å². The molecule has 0 saturated carbocycles.